The third kappa shape index (κ3) is 7.06. The molecule has 2 aliphatic rings. The summed E-state index contributed by atoms with van der Waals surface area (Å²) in [5.41, 5.74) is -0.257. The first kappa shape index (κ1) is 33.0. The van der Waals surface area contributed by atoms with Gasteiger partial charge in [0.2, 0.25) is 10.0 Å². The van der Waals surface area contributed by atoms with E-state index in [0.717, 1.165) is 12.1 Å². The van der Waals surface area contributed by atoms with Crippen molar-refractivity contribution in [3.05, 3.63) is 99.8 Å². The average Bonchev–Trinajstić information content (AvgIpc) is 3.82. The molecule has 0 spiro atoms. The van der Waals surface area contributed by atoms with Gasteiger partial charge < -0.3 is 14.7 Å². The number of hydrogen-bond donors (Lipinski definition) is 1. The van der Waals surface area contributed by atoms with Gasteiger partial charge >= 0.3 is 12.1 Å². The van der Waals surface area contributed by atoms with Crippen LogP contribution in [0.25, 0.3) is 0 Å². The zero-order valence-corrected chi connectivity index (χ0v) is 25.5. The van der Waals surface area contributed by atoms with Crippen LogP contribution in [0.15, 0.2) is 72.8 Å². The standard InChI is InChI=1S/C30H26Cl2F4N2O6S/c31-19-10-8-17(9-11-19)27-28(18-4-3-5-20(32)14-18)44-24(15-26(39)40)29(41)38(27)25(30(34,35)36)16-37(45(42,43)21-12-13-21)23-7-2-1-6-22(23)33/h1-11,14,21,24-25,27-28H,12-13,15-16H2,(H,39,40)/t24-,25+,27+,28+/m0/s1. The minimum absolute atomic E-state index is 0.128. The maximum Gasteiger partial charge on any atom is 0.410 e. The van der Waals surface area contributed by atoms with Gasteiger partial charge in [-0.2, -0.15) is 13.2 Å². The van der Waals surface area contributed by atoms with Crippen LogP contribution in [0.3, 0.4) is 0 Å². The summed E-state index contributed by atoms with van der Waals surface area (Å²) in [5, 5.41) is 8.95. The fraction of sp³-hybridized carbons (Fsp3) is 0.333. The van der Waals surface area contributed by atoms with Crippen LogP contribution in [-0.4, -0.2) is 60.4 Å². The third-order valence-corrected chi connectivity index (χ3v) is 10.4. The van der Waals surface area contributed by atoms with Gasteiger partial charge in [0.25, 0.3) is 5.91 Å². The second-order valence-corrected chi connectivity index (χ2v) is 13.7. The fourth-order valence-corrected chi connectivity index (χ4v) is 7.57. The molecule has 2 fully saturated rings. The van der Waals surface area contributed by atoms with Crippen molar-refractivity contribution in [2.75, 3.05) is 10.8 Å². The van der Waals surface area contributed by atoms with E-state index in [1.54, 1.807) is 0 Å². The molecule has 8 nitrogen and oxygen atoms in total. The summed E-state index contributed by atoms with van der Waals surface area (Å²) < 4.78 is 94.3. The summed E-state index contributed by atoms with van der Waals surface area (Å²) in [6.45, 7) is -1.40. The van der Waals surface area contributed by atoms with Gasteiger partial charge in [0.15, 0.2) is 0 Å². The van der Waals surface area contributed by atoms with Crippen LogP contribution >= 0.6 is 23.2 Å². The first-order valence-electron chi connectivity index (χ1n) is 13.7. The summed E-state index contributed by atoms with van der Waals surface area (Å²) in [6.07, 6.45) is -9.20. The number of nitrogens with zero attached hydrogens (tertiary/aromatic N) is 2. The maximum absolute atomic E-state index is 15.3. The van der Waals surface area contributed by atoms with Crippen LogP contribution in [0.1, 0.15) is 42.5 Å². The molecule has 3 aromatic rings. The molecule has 1 saturated heterocycles. The molecule has 0 aromatic heterocycles. The molecule has 5 rings (SSSR count). The maximum atomic E-state index is 15.3. The molecule has 1 heterocycles. The van der Waals surface area contributed by atoms with E-state index in [1.165, 1.54) is 60.7 Å². The molecular formula is C30H26Cl2F4N2O6S. The summed E-state index contributed by atoms with van der Waals surface area (Å²) in [7, 11) is -4.51. The predicted molar refractivity (Wildman–Crippen MR) is 158 cm³/mol. The number of carboxylic acid groups (broad SMARTS) is 1. The highest BCUT2D eigenvalue weighted by molar-refractivity contribution is 7.93. The largest absolute Gasteiger partial charge is 0.481 e. The highest BCUT2D eigenvalue weighted by atomic mass is 35.5. The number of carbonyl (C=O) groups is 2. The number of sulfonamides is 1. The van der Waals surface area contributed by atoms with Gasteiger partial charge in [-0.15, -0.1) is 0 Å². The van der Waals surface area contributed by atoms with E-state index in [1.807, 2.05) is 0 Å². The number of benzene rings is 3. The molecule has 3 aromatic carbocycles. The molecule has 0 bridgehead atoms. The lowest BCUT2D eigenvalue weighted by molar-refractivity contribution is -0.222. The van der Waals surface area contributed by atoms with Crippen LogP contribution in [0.5, 0.6) is 0 Å². The Bertz CT molecular complexity index is 1690. The van der Waals surface area contributed by atoms with Crippen LogP contribution < -0.4 is 4.31 Å². The highest BCUT2D eigenvalue weighted by Gasteiger charge is 2.56. The Balaban J connectivity index is 1.72. The minimum atomic E-state index is -5.28. The molecular weight excluding hydrogens is 663 g/mol. The van der Waals surface area contributed by atoms with Gasteiger partial charge in [-0.1, -0.05) is 59.6 Å². The average molecular weight is 690 g/mol. The van der Waals surface area contributed by atoms with E-state index in [9.17, 15) is 23.1 Å². The number of para-hydroxylation sites is 1. The second kappa shape index (κ2) is 12.8. The number of ether oxygens (including phenoxy) is 1. The number of carbonyl (C=O) groups excluding carboxylic acids is 1. The third-order valence-electron chi connectivity index (χ3n) is 7.60. The van der Waals surface area contributed by atoms with Gasteiger partial charge in [0.1, 0.15) is 24.1 Å². The van der Waals surface area contributed by atoms with Crippen molar-refractivity contribution < 1.29 is 45.4 Å². The number of carboxylic acids is 1. The molecule has 240 valence electrons. The highest BCUT2D eigenvalue weighted by Crippen LogP contribution is 2.47. The van der Waals surface area contributed by atoms with Crippen molar-refractivity contribution in [2.45, 2.75) is 55.0 Å². The molecule has 0 unspecified atom stereocenters. The molecule has 1 amide bonds. The molecule has 45 heavy (non-hydrogen) atoms. The van der Waals surface area contributed by atoms with Gasteiger partial charge in [0.05, 0.1) is 29.9 Å². The quantitative estimate of drug-likeness (QED) is 0.243. The number of rotatable bonds is 10. The van der Waals surface area contributed by atoms with E-state index in [0.29, 0.717) is 9.21 Å². The van der Waals surface area contributed by atoms with Crippen molar-refractivity contribution in [3.8, 4) is 0 Å². The number of morpholine rings is 1. The molecule has 1 aliphatic heterocycles. The number of hydrogen-bond acceptors (Lipinski definition) is 5. The molecule has 1 saturated carbocycles. The van der Waals surface area contributed by atoms with Crippen molar-refractivity contribution >= 4 is 50.8 Å². The van der Waals surface area contributed by atoms with E-state index < -0.39 is 82.1 Å². The lowest BCUT2D eigenvalue weighted by atomic mass is 9.89. The van der Waals surface area contributed by atoms with Crippen molar-refractivity contribution in [1.82, 2.24) is 4.90 Å². The normalized spacial score (nSPS) is 21.4. The molecule has 4 atom stereocenters. The molecule has 1 N–H and O–H groups in total. The summed E-state index contributed by atoms with van der Waals surface area (Å²) >= 11 is 12.3. The van der Waals surface area contributed by atoms with Crippen molar-refractivity contribution in [2.24, 2.45) is 0 Å². The van der Waals surface area contributed by atoms with E-state index in [2.05, 4.69) is 0 Å². The van der Waals surface area contributed by atoms with Crippen molar-refractivity contribution in [3.63, 3.8) is 0 Å². The lowest BCUT2D eigenvalue weighted by Gasteiger charge is -2.49. The van der Waals surface area contributed by atoms with Crippen LogP contribution in [0.2, 0.25) is 10.0 Å². The smallest absolute Gasteiger partial charge is 0.410 e. The number of alkyl halides is 3. The summed E-state index contributed by atoms with van der Waals surface area (Å²) in [6, 6.07) is 11.5. The Morgan fingerprint density at radius 3 is 2.24 bits per heavy atom. The first-order valence-corrected chi connectivity index (χ1v) is 16.0. The zero-order chi connectivity index (χ0) is 32.7. The van der Waals surface area contributed by atoms with Gasteiger partial charge in [0, 0.05) is 10.0 Å². The van der Waals surface area contributed by atoms with Crippen LogP contribution in [0.4, 0.5) is 23.2 Å². The lowest BCUT2D eigenvalue weighted by Crippen LogP contribution is -2.62. The Morgan fingerprint density at radius 1 is 1.00 bits per heavy atom. The zero-order valence-electron chi connectivity index (χ0n) is 23.2. The number of amides is 1. The second-order valence-electron chi connectivity index (χ2n) is 10.7. The van der Waals surface area contributed by atoms with Gasteiger partial charge in [-0.3, -0.25) is 13.9 Å². The topological polar surface area (TPSA) is 104 Å². The monoisotopic (exact) mass is 688 g/mol. The molecule has 15 heteroatoms. The van der Waals surface area contributed by atoms with Gasteiger partial charge in [-0.25, -0.2) is 12.8 Å². The van der Waals surface area contributed by atoms with E-state index >= 15 is 17.6 Å². The van der Waals surface area contributed by atoms with Gasteiger partial charge in [-0.05, 0) is 60.4 Å². The number of aliphatic carboxylic acids is 1. The van der Waals surface area contributed by atoms with E-state index in [-0.39, 0.29) is 34.0 Å². The predicted octanol–water partition coefficient (Wildman–Crippen LogP) is 6.55. The Morgan fingerprint density at radius 2 is 1.67 bits per heavy atom. The fourth-order valence-electron chi connectivity index (χ4n) is 5.39. The Labute approximate surface area is 266 Å². The number of halogens is 6. The first-order chi connectivity index (χ1) is 21.2. The number of anilines is 1. The molecule has 1 aliphatic carbocycles. The van der Waals surface area contributed by atoms with Crippen LogP contribution in [0, 0.1) is 5.82 Å². The van der Waals surface area contributed by atoms with E-state index in [4.69, 9.17) is 27.9 Å². The summed E-state index contributed by atoms with van der Waals surface area (Å²) in [4.78, 5) is 26.1. The Hall–Kier alpha value is -3.39. The minimum Gasteiger partial charge on any atom is -0.481 e. The van der Waals surface area contributed by atoms with Crippen LogP contribution in [-0.2, 0) is 24.3 Å². The molecule has 0 radical (unpaired) electrons. The van der Waals surface area contributed by atoms with Crippen molar-refractivity contribution in [1.29, 1.82) is 0 Å². The summed E-state index contributed by atoms with van der Waals surface area (Å²) in [5.74, 6) is -3.93. The SMILES string of the molecule is O=C(O)C[C@@H]1O[C@H](c2cccc(Cl)c2)[C@@H](c2ccc(Cl)cc2)N([C@H](CN(c2ccccc2F)S(=O)(=O)C2CC2)C(F)(F)F)C1=O. The Kier molecular flexibility index (Phi) is 9.37.